The van der Waals surface area contributed by atoms with Crippen LogP contribution in [0.15, 0.2) is 22.7 Å². The first-order valence-corrected chi connectivity index (χ1v) is 9.21. The van der Waals surface area contributed by atoms with Gasteiger partial charge in [0.25, 0.3) is 0 Å². The first-order chi connectivity index (χ1) is 10.1. The van der Waals surface area contributed by atoms with E-state index >= 15 is 0 Å². The molecular weight excluding hydrogens is 324 g/mol. The molecule has 116 valence electrons. The van der Waals surface area contributed by atoms with E-state index in [1.165, 1.54) is 60.8 Å². The molecule has 3 heteroatoms. The summed E-state index contributed by atoms with van der Waals surface area (Å²) in [4.78, 5) is 2.68. The van der Waals surface area contributed by atoms with E-state index in [1.807, 2.05) is 0 Å². The number of aryl methyl sites for hydroxylation is 1. The fraction of sp³-hybridized carbons (Fsp3) is 0.667. The molecule has 2 fully saturated rings. The Balaban J connectivity index is 1.88. The van der Waals surface area contributed by atoms with Crippen LogP contribution >= 0.6 is 15.9 Å². The van der Waals surface area contributed by atoms with E-state index in [0.29, 0.717) is 11.6 Å². The predicted molar refractivity (Wildman–Crippen MR) is 94.1 cm³/mol. The molecule has 2 aliphatic rings. The zero-order chi connectivity index (χ0) is 14.9. The molecule has 1 heterocycles. The highest BCUT2D eigenvalue weighted by molar-refractivity contribution is 9.10. The molecule has 0 bridgehead atoms. The smallest absolute Gasteiger partial charge is 0.0413 e. The number of anilines is 1. The molecule has 1 unspecified atom stereocenters. The Bertz CT molecular complexity index is 494. The lowest BCUT2D eigenvalue weighted by atomic mass is 9.79. The van der Waals surface area contributed by atoms with Crippen LogP contribution in [0.2, 0.25) is 0 Å². The highest BCUT2D eigenvalue weighted by Gasteiger charge is 2.39. The van der Waals surface area contributed by atoms with Crippen LogP contribution in [0, 0.1) is 6.92 Å². The summed E-state index contributed by atoms with van der Waals surface area (Å²) in [5.74, 6) is 0. The number of piperazine rings is 1. The maximum absolute atomic E-state index is 3.92. The molecular formula is C18H27BrN2. The fourth-order valence-electron chi connectivity index (χ4n) is 4.11. The Hall–Kier alpha value is -0.540. The Morgan fingerprint density at radius 3 is 2.71 bits per heavy atom. The molecule has 1 N–H and O–H groups in total. The van der Waals surface area contributed by atoms with E-state index in [4.69, 9.17) is 0 Å². The van der Waals surface area contributed by atoms with Crippen LogP contribution in [-0.2, 0) is 0 Å². The van der Waals surface area contributed by atoms with Gasteiger partial charge < -0.3 is 10.2 Å². The Kier molecular flexibility index (Phi) is 4.60. The third kappa shape index (κ3) is 3.14. The third-order valence-corrected chi connectivity index (χ3v) is 5.87. The highest BCUT2D eigenvalue weighted by Crippen LogP contribution is 2.36. The number of nitrogens with one attached hydrogen (secondary N) is 1. The summed E-state index contributed by atoms with van der Waals surface area (Å²) in [5.41, 5.74) is 3.18. The maximum atomic E-state index is 3.92. The molecule has 1 aliphatic carbocycles. The predicted octanol–water partition coefficient (Wildman–Crippen LogP) is 4.65. The Labute approximate surface area is 137 Å². The number of benzene rings is 1. The van der Waals surface area contributed by atoms with Crippen LogP contribution < -0.4 is 10.2 Å². The summed E-state index contributed by atoms with van der Waals surface area (Å²) in [5, 5.41) is 3.92. The average molecular weight is 351 g/mol. The van der Waals surface area contributed by atoms with Gasteiger partial charge in [0.2, 0.25) is 0 Å². The van der Waals surface area contributed by atoms with Crippen molar-refractivity contribution in [3.8, 4) is 0 Å². The van der Waals surface area contributed by atoms with E-state index in [-0.39, 0.29) is 0 Å². The Morgan fingerprint density at radius 2 is 2.05 bits per heavy atom. The van der Waals surface area contributed by atoms with Crippen molar-refractivity contribution in [2.75, 3.05) is 18.0 Å². The summed E-state index contributed by atoms with van der Waals surface area (Å²) in [6, 6.07) is 7.35. The zero-order valence-electron chi connectivity index (χ0n) is 13.3. The van der Waals surface area contributed by atoms with E-state index < -0.39 is 0 Å². The van der Waals surface area contributed by atoms with Gasteiger partial charge in [-0.15, -0.1) is 0 Å². The minimum Gasteiger partial charge on any atom is -0.365 e. The lowest BCUT2D eigenvalue weighted by molar-refractivity contribution is 0.196. The van der Waals surface area contributed by atoms with Gasteiger partial charge in [-0.3, -0.25) is 0 Å². The van der Waals surface area contributed by atoms with Gasteiger partial charge in [-0.1, -0.05) is 42.1 Å². The van der Waals surface area contributed by atoms with Crippen molar-refractivity contribution < 1.29 is 0 Å². The van der Waals surface area contributed by atoms with Crippen molar-refractivity contribution >= 4 is 21.6 Å². The van der Waals surface area contributed by atoms with Crippen molar-refractivity contribution in [3.05, 3.63) is 28.2 Å². The molecule has 1 aromatic carbocycles. The minimum atomic E-state index is 0.365. The molecule has 1 aromatic rings. The first kappa shape index (κ1) is 15.4. The van der Waals surface area contributed by atoms with Crippen molar-refractivity contribution in [3.63, 3.8) is 0 Å². The summed E-state index contributed by atoms with van der Waals surface area (Å²) >= 11 is 3.59. The molecule has 21 heavy (non-hydrogen) atoms. The first-order valence-electron chi connectivity index (χ1n) is 8.41. The molecule has 0 aromatic heterocycles. The molecule has 0 amide bonds. The molecule has 0 radical (unpaired) electrons. The van der Waals surface area contributed by atoms with Gasteiger partial charge in [-0.2, -0.15) is 0 Å². The van der Waals surface area contributed by atoms with E-state index in [2.05, 4.69) is 58.2 Å². The molecule has 1 aliphatic heterocycles. The largest absolute Gasteiger partial charge is 0.365 e. The second-order valence-corrected chi connectivity index (χ2v) is 7.76. The van der Waals surface area contributed by atoms with Gasteiger partial charge in [0.05, 0.1) is 0 Å². The second kappa shape index (κ2) is 6.29. The van der Waals surface area contributed by atoms with Gasteiger partial charge in [0.15, 0.2) is 0 Å². The number of hydrogen-bond donors (Lipinski definition) is 1. The second-order valence-electron chi connectivity index (χ2n) is 6.84. The summed E-state index contributed by atoms with van der Waals surface area (Å²) in [6.45, 7) is 6.86. The monoisotopic (exact) mass is 350 g/mol. The molecule has 3 rings (SSSR count). The molecule has 1 spiro atoms. The van der Waals surface area contributed by atoms with Gasteiger partial charge in [0.1, 0.15) is 0 Å². The van der Waals surface area contributed by atoms with E-state index in [0.717, 1.165) is 6.54 Å². The maximum Gasteiger partial charge on any atom is 0.0413 e. The van der Waals surface area contributed by atoms with E-state index in [9.17, 15) is 0 Å². The van der Waals surface area contributed by atoms with Crippen molar-refractivity contribution in [2.45, 2.75) is 64.0 Å². The molecule has 2 nitrogen and oxygen atoms in total. The average Bonchev–Trinajstić information content (AvgIpc) is 2.48. The van der Waals surface area contributed by atoms with E-state index in [1.54, 1.807) is 0 Å². The lowest BCUT2D eigenvalue weighted by Crippen LogP contribution is -2.65. The van der Waals surface area contributed by atoms with Gasteiger partial charge in [-0.05, 0) is 49.9 Å². The van der Waals surface area contributed by atoms with Crippen LogP contribution in [0.25, 0.3) is 0 Å². The zero-order valence-corrected chi connectivity index (χ0v) is 14.9. The molecule has 1 saturated carbocycles. The number of halogens is 1. The Morgan fingerprint density at radius 1 is 1.29 bits per heavy atom. The van der Waals surface area contributed by atoms with Crippen LogP contribution in [0.3, 0.4) is 0 Å². The third-order valence-electron chi connectivity index (χ3n) is 5.38. The quantitative estimate of drug-likeness (QED) is 0.834. The SMILES string of the molecule is CCC1CNC2(CCCCC2)CN1c1ccc(Br)cc1C. The highest BCUT2D eigenvalue weighted by atomic mass is 79.9. The number of rotatable bonds is 2. The molecule has 1 saturated heterocycles. The van der Waals surface area contributed by atoms with Gasteiger partial charge >= 0.3 is 0 Å². The van der Waals surface area contributed by atoms with Crippen LogP contribution in [0.5, 0.6) is 0 Å². The van der Waals surface area contributed by atoms with Crippen molar-refractivity contribution in [1.29, 1.82) is 0 Å². The summed E-state index contributed by atoms with van der Waals surface area (Å²) < 4.78 is 1.18. The fourth-order valence-corrected chi connectivity index (χ4v) is 4.58. The van der Waals surface area contributed by atoms with Crippen molar-refractivity contribution in [1.82, 2.24) is 5.32 Å². The molecule has 1 atom stereocenters. The van der Waals surface area contributed by atoms with Crippen molar-refractivity contribution in [2.24, 2.45) is 0 Å². The topological polar surface area (TPSA) is 15.3 Å². The number of hydrogen-bond acceptors (Lipinski definition) is 2. The van der Waals surface area contributed by atoms with Gasteiger partial charge in [-0.25, -0.2) is 0 Å². The minimum absolute atomic E-state index is 0.365. The van der Waals surface area contributed by atoms with Crippen LogP contribution in [0.4, 0.5) is 5.69 Å². The normalized spacial score (nSPS) is 25.3. The number of nitrogens with zero attached hydrogens (tertiary/aromatic N) is 1. The van der Waals surface area contributed by atoms with Gasteiger partial charge in [0, 0.05) is 34.8 Å². The standard InChI is InChI=1S/C18H27BrN2/c1-3-16-12-20-18(9-5-4-6-10-18)13-21(16)17-8-7-15(19)11-14(17)2/h7-8,11,16,20H,3-6,9-10,12-13H2,1-2H3. The van der Waals surface area contributed by atoms with Crippen LogP contribution in [0.1, 0.15) is 51.0 Å². The van der Waals surface area contributed by atoms with Crippen LogP contribution in [-0.4, -0.2) is 24.7 Å². The summed E-state index contributed by atoms with van der Waals surface area (Å²) in [6.07, 6.45) is 8.08. The summed E-state index contributed by atoms with van der Waals surface area (Å²) in [7, 11) is 0. The lowest BCUT2D eigenvalue weighted by Gasteiger charge is -2.51.